The molecule has 0 fully saturated rings. The molecule has 1 aliphatic heterocycles. The molecule has 54 heavy (non-hydrogen) atoms. The standard InChI is InChI=1S/C51H38N2S/c1-51(2)44-21-10-11-22-47(44)53(39-28-24-35(25-29-39)40-19-13-20-42-41-18-9-12-23-49(41)54-50(40)42)48-31-27-37(33-45(48)51)36-26-30-46(52-38-16-7-4-8-17-38)43(32-36)34-14-5-3-6-15-34/h3-33,52H,1-2H3. The van der Waals surface area contributed by atoms with Crippen molar-refractivity contribution in [3.63, 3.8) is 0 Å². The van der Waals surface area contributed by atoms with Gasteiger partial charge < -0.3 is 10.2 Å². The van der Waals surface area contributed by atoms with Gasteiger partial charge >= 0.3 is 0 Å². The molecule has 0 saturated heterocycles. The van der Waals surface area contributed by atoms with Gasteiger partial charge in [-0.3, -0.25) is 0 Å². The average molecular weight is 711 g/mol. The first kappa shape index (κ1) is 32.2. The molecule has 258 valence electrons. The van der Waals surface area contributed by atoms with Crippen molar-refractivity contribution in [2.24, 2.45) is 0 Å². The lowest BCUT2D eigenvalue weighted by Crippen LogP contribution is -2.30. The van der Waals surface area contributed by atoms with E-state index < -0.39 is 0 Å². The molecule has 0 unspecified atom stereocenters. The van der Waals surface area contributed by atoms with Crippen LogP contribution in [0.4, 0.5) is 28.4 Å². The number of hydrogen-bond donors (Lipinski definition) is 1. The fourth-order valence-electron chi connectivity index (χ4n) is 8.29. The summed E-state index contributed by atoms with van der Waals surface area (Å²) in [5, 5.41) is 6.33. The van der Waals surface area contributed by atoms with Crippen LogP contribution in [-0.4, -0.2) is 0 Å². The normalized spacial score (nSPS) is 13.1. The summed E-state index contributed by atoms with van der Waals surface area (Å²) in [6, 6.07) is 68.4. The Morgan fingerprint density at radius 1 is 0.463 bits per heavy atom. The first-order chi connectivity index (χ1) is 26.5. The summed E-state index contributed by atoms with van der Waals surface area (Å²) in [5.41, 5.74) is 15.5. The van der Waals surface area contributed by atoms with Crippen LogP contribution in [0.2, 0.25) is 0 Å². The van der Waals surface area contributed by atoms with Gasteiger partial charge in [0.25, 0.3) is 0 Å². The van der Waals surface area contributed by atoms with Gasteiger partial charge in [0.05, 0.1) is 11.4 Å². The van der Waals surface area contributed by atoms with E-state index >= 15 is 0 Å². The zero-order chi connectivity index (χ0) is 36.2. The van der Waals surface area contributed by atoms with Gasteiger partial charge in [0.15, 0.2) is 0 Å². The molecule has 2 nitrogen and oxygen atoms in total. The zero-order valence-electron chi connectivity index (χ0n) is 30.3. The highest BCUT2D eigenvalue weighted by molar-refractivity contribution is 7.26. The summed E-state index contributed by atoms with van der Waals surface area (Å²) < 4.78 is 2.67. The van der Waals surface area contributed by atoms with Gasteiger partial charge in [-0.25, -0.2) is 0 Å². The maximum absolute atomic E-state index is 3.67. The second-order valence-electron chi connectivity index (χ2n) is 14.7. The minimum atomic E-state index is -0.202. The van der Waals surface area contributed by atoms with Gasteiger partial charge in [-0.05, 0) is 99.6 Å². The number of hydrogen-bond acceptors (Lipinski definition) is 3. The van der Waals surface area contributed by atoms with Crippen molar-refractivity contribution < 1.29 is 0 Å². The zero-order valence-corrected chi connectivity index (χ0v) is 31.1. The molecule has 0 radical (unpaired) electrons. The highest BCUT2D eigenvalue weighted by atomic mass is 32.1. The van der Waals surface area contributed by atoms with Gasteiger partial charge in [-0.2, -0.15) is 0 Å². The van der Waals surface area contributed by atoms with Crippen LogP contribution in [-0.2, 0) is 5.41 Å². The maximum Gasteiger partial charge on any atom is 0.0503 e. The second kappa shape index (κ2) is 12.9. The van der Waals surface area contributed by atoms with Crippen molar-refractivity contribution in [3.05, 3.63) is 199 Å². The largest absolute Gasteiger partial charge is 0.355 e. The first-order valence-electron chi connectivity index (χ1n) is 18.6. The number of nitrogens with zero attached hydrogens (tertiary/aromatic N) is 1. The van der Waals surface area contributed by atoms with E-state index in [0.29, 0.717) is 0 Å². The Bertz CT molecular complexity index is 2820. The first-order valence-corrected chi connectivity index (χ1v) is 19.4. The molecule has 3 heteroatoms. The molecule has 0 bridgehead atoms. The van der Waals surface area contributed by atoms with Crippen molar-refractivity contribution in [1.82, 2.24) is 0 Å². The molecule has 0 atom stereocenters. The smallest absolute Gasteiger partial charge is 0.0503 e. The monoisotopic (exact) mass is 710 g/mol. The van der Waals surface area contributed by atoms with Crippen LogP contribution < -0.4 is 10.2 Å². The Morgan fingerprint density at radius 2 is 1.09 bits per heavy atom. The SMILES string of the molecule is CC1(C)c2ccccc2N(c2ccc(-c3cccc4c3sc3ccccc34)cc2)c2ccc(-c3ccc(Nc4ccccc4)c(-c4ccccc4)c3)cc21. The highest BCUT2D eigenvalue weighted by Crippen LogP contribution is 2.53. The van der Waals surface area contributed by atoms with Crippen molar-refractivity contribution in [2.45, 2.75) is 19.3 Å². The summed E-state index contributed by atoms with van der Waals surface area (Å²) in [6.07, 6.45) is 0. The molecular formula is C51H38N2S. The van der Waals surface area contributed by atoms with E-state index in [1.807, 2.05) is 17.4 Å². The number of thiophene rings is 1. The topological polar surface area (TPSA) is 15.3 Å². The molecule has 8 aromatic carbocycles. The van der Waals surface area contributed by atoms with Crippen molar-refractivity contribution in [3.8, 4) is 33.4 Å². The molecule has 1 aromatic heterocycles. The number of benzene rings is 8. The molecule has 1 aliphatic rings. The lowest BCUT2D eigenvalue weighted by molar-refractivity contribution is 0.632. The predicted octanol–water partition coefficient (Wildman–Crippen LogP) is 14.9. The molecule has 10 rings (SSSR count). The number of fused-ring (bicyclic) bond motifs is 5. The Balaban J connectivity index is 1.07. The summed E-state index contributed by atoms with van der Waals surface area (Å²) >= 11 is 1.88. The summed E-state index contributed by atoms with van der Waals surface area (Å²) in [4.78, 5) is 2.45. The third-order valence-electron chi connectivity index (χ3n) is 11.1. The molecule has 0 aliphatic carbocycles. The van der Waals surface area contributed by atoms with Gasteiger partial charge in [0.2, 0.25) is 0 Å². The van der Waals surface area contributed by atoms with Crippen molar-refractivity contribution in [1.29, 1.82) is 0 Å². The molecule has 0 amide bonds. The van der Waals surface area contributed by atoms with Crippen LogP contribution in [0.5, 0.6) is 0 Å². The third kappa shape index (κ3) is 5.39. The van der Waals surface area contributed by atoms with Crippen molar-refractivity contribution in [2.75, 3.05) is 10.2 Å². The minimum absolute atomic E-state index is 0.202. The molecule has 9 aromatic rings. The number of nitrogens with one attached hydrogen (secondary N) is 1. The Hall–Kier alpha value is -6.42. The van der Waals surface area contributed by atoms with Gasteiger partial charge in [-0.1, -0.05) is 141 Å². The number of anilines is 5. The summed E-state index contributed by atoms with van der Waals surface area (Å²) in [7, 11) is 0. The Kier molecular flexibility index (Phi) is 7.71. The van der Waals surface area contributed by atoms with Crippen LogP contribution in [0.3, 0.4) is 0 Å². The second-order valence-corrected chi connectivity index (χ2v) is 15.7. The van der Waals surface area contributed by atoms with Gasteiger partial charge in [0, 0.05) is 48.2 Å². The third-order valence-corrected chi connectivity index (χ3v) is 12.3. The fourth-order valence-corrected chi connectivity index (χ4v) is 9.53. The van der Waals surface area contributed by atoms with Crippen LogP contribution in [0.15, 0.2) is 188 Å². The van der Waals surface area contributed by atoms with Crippen LogP contribution >= 0.6 is 11.3 Å². The van der Waals surface area contributed by atoms with Crippen LogP contribution in [0, 0.1) is 0 Å². The van der Waals surface area contributed by atoms with E-state index in [1.54, 1.807) is 0 Å². The van der Waals surface area contributed by atoms with Gasteiger partial charge in [0.1, 0.15) is 0 Å². The minimum Gasteiger partial charge on any atom is -0.355 e. The van der Waals surface area contributed by atoms with Crippen LogP contribution in [0.25, 0.3) is 53.6 Å². The summed E-state index contributed by atoms with van der Waals surface area (Å²) in [5.74, 6) is 0. The van der Waals surface area contributed by atoms with E-state index in [-0.39, 0.29) is 5.41 Å². The van der Waals surface area contributed by atoms with E-state index in [1.165, 1.54) is 76.1 Å². The van der Waals surface area contributed by atoms with Gasteiger partial charge in [-0.15, -0.1) is 11.3 Å². The predicted molar refractivity (Wildman–Crippen MR) is 232 cm³/mol. The fraction of sp³-hybridized carbons (Fsp3) is 0.0588. The van der Waals surface area contributed by atoms with E-state index in [4.69, 9.17) is 0 Å². The average Bonchev–Trinajstić information content (AvgIpc) is 3.61. The highest BCUT2D eigenvalue weighted by Gasteiger charge is 2.37. The Labute approximate surface area is 320 Å². The Morgan fingerprint density at radius 3 is 1.93 bits per heavy atom. The van der Waals surface area contributed by atoms with Crippen LogP contribution in [0.1, 0.15) is 25.0 Å². The van der Waals surface area contributed by atoms with E-state index in [2.05, 4.69) is 206 Å². The maximum atomic E-state index is 3.67. The lowest BCUT2D eigenvalue weighted by Gasteiger charge is -2.42. The van der Waals surface area contributed by atoms with E-state index in [9.17, 15) is 0 Å². The van der Waals surface area contributed by atoms with E-state index in [0.717, 1.165) is 17.1 Å². The molecule has 1 N–H and O–H groups in total. The molecule has 0 spiro atoms. The summed E-state index contributed by atoms with van der Waals surface area (Å²) in [6.45, 7) is 4.73. The number of para-hydroxylation sites is 2. The van der Waals surface area contributed by atoms with Crippen molar-refractivity contribution >= 4 is 59.9 Å². The molecular weight excluding hydrogens is 673 g/mol. The molecule has 2 heterocycles. The molecule has 0 saturated carbocycles. The lowest BCUT2D eigenvalue weighted by atomic mass is 9.73. The number of rotatable bonds is 6. The quantitative estimate of drug-likeness (QED) is 0.185.